The number of hydrazine groups is 1. The van der Waals surface area contributed by atoms with Crippen LogP contribution in [0.25, 0.3) is 0 Å². The minimum atomic E-state index is -0.975. The Labute approximate surface area is 128 Å². The number of carbonyl (C=O) groups is 1. The molecule has 0 atom stereocenters. The van der Waals surface area contributed by atoms with Crippen LogP contribution in [-0.2, 0) is 0 Å². The van der Waals surface area contributed by atoms with E-state index in [4.69, 9.17) is 29.0 Å². The number of benzene rings is 2. The fourth-order valence-corrected chi connectivity index (χ4v) is 1.92. The van der Waals surface area contributed by atoms with Gasteiger partial charge >= 0.3 is 0 Å². The molecule has 0 aromatic heterocycles. The van der Waals surface area contributed by atoms with Gasteiger partial charge in [-0.05, 0) is 30.3 Å². The van der Waals surface area contributed by atoms with Crippen LogP contribution in [0.5, 0.6) is 0 Å². The van der Waals surface area contributed by atoms with Gasteiger partial charge in [0.15, 0.2) is 11.6 Å². The average Bonchev–Trinajstić information content (AvgIpc) is 2.42. The van der Waals surface area contributed by atoms with Gasteiger partial charge in [0.1, 0.15) is 5.69 Å². The van der Waals surface area contributed by atoms with Gasteiger partial charge in [0.25, 0.3) is 5.91 Å². The largest absolute Gasteiger partial charge is 0.322 e. The van der Waals surface area contributed by atoms with Crippen LogP contribution in [0.4, 0.5) is 20.2 Å². The lowest BCUT2D eigenvalue weighted by Gasteiger charge is -2.09. The lowest BCUT2D eigenvalue weighted by atomic mass is 10.1. The highest BCUT2D eigenvalue weighted by molar-refractivity contribution is 6.42. The fourth-order valence-electron chi connectivity index (χ4n) is 1.62. The Morgan fingerprint density at radius 2 is 1.67 bits per heavy atom. The van der Waals surface area contributed by atoms with Gasteiger partial charge in [0.05, 0.1) is 10.0 Å². The van der Waals surface area contributed by atoms with Crippen LogP contribution in [0.15, 0.2) is 30.3 Å². The number of nitrogens with one attached hydrogen (secondary N) is 2. The van der Waals surface area contributed by atoms with E-state index < -0.39 is 23.2 Å². The number of hydrogen-bond donors (Lipinski definition) is 3. The van der Waals surface area contributed by atoms with Gasteiger partial charge in [-0.15, -0.1) is 0 Å². The Bertz CT molecular complexity index is 687. The van der Waals surface area contributed by atoms with E-state index in [1.54, 1.807) is 0 Å². The summed E-state index contributed by atoms with van der Waals surface area (Å²) in [6, 6.07) is 6.15. The quantitative estimate of drug-likeness (QED) is 0.591. The summed E-state index contributed by atoms with van der Waals surface area (Å²) in [4.78, 5) is 11.9. The zero-order valence-electron chi connectivity index (χ0n) is 10.4. The zero-order valence-corrected chi connectivity index (χ0v) is 11.9. The number of rotatable bonds is 3. The molecule has 2 rings (SSSR count). The van der Waals surface area contributed by atoms with E-state index in [0.717, 1.165) is 12.1 Å². The minimum absolute atomic E-state index is 0.199. The van der Waals surface area contributed by atoms with Crippen molar-refractivity contribution in [2.75, 3.05) is 10.7 Å². The molecule has 0 spiro atoms. The Kier molecular flexibility index (Phi) is 4.62. The van der Waals surface area contributed by atoms with Crippen LogP contribution in [0.1, 0.15) is 10.4 Å². The second-order valence-electron chi connectivity index (χ2n) is 4.04. The van der Waals surface area contributed by atoms with Crippen LogP contribution < -0.4 is 16.6 Å². The first-order valence-electron chi connectivity index (χ1n) is 5.64. The number of anilines is 2. The molecule has 0 aliphatic rings. The van der Waals surface area contributed by atoms with Crippen molar-refractivity contribution in [2.24, 2.45) is 5.84 Å². The van der Waals surface area contributed by atoms with Crippen LogP contribution in [0.3, 0.4) is 0 Å². The van der Waals surface area contributed by atoms with Crippen molar-refractivity contribution in [3.63, 3.8) is 0 Å². The zero-order chi connectivity index (χ0) is 15.6. The van der Waals surface area contributed by atoms with E-state index in [-0.39, 0.29) is 10.6 Å². The fraction of sp³-hybridized carbons (Fsp3) is 0. The van der Waals surface area contributed by atoms with E-state index in [1.807, 2.05) is 5.43 Å². The molecule has 0 aliphatic carbocycles. The highest BCUT2D eigenvalue weighted by atomic mass is 35.5. The Balaban J connectivity index is 2.26. The average molecular weight is 332 g/mol. The molecule has 0 aliphatic heterocycles. The number of nitrogen functional groups attached to an aromatic ring is 1. The highest BCUT2D eigenvalue weighted by Crippen LogP contribution is 2.26. The molecule has 0 bridgehead atoms. The minimum Gasteiger partial charge on any atom is -0.322 e. The van der Waals surface area contributed by atoms with Gasteiger partial charge < -0.3 is 10.7 Å². The molecule has 2 aromatic carbocycles. The smallest absolute Gasteiger partial charge is 0.255 e. The normalized spacial score (nSPS) is 10.3. The number of amides is 1. The number of halogens is 4. The first-order chi connectivity index (χ1) is 9.92. The van der Waals surface area contributed by atoms with Gasteiger partial charge in [0.2, 0.25) is 0 Å². The van der Waals surface area contributed by atoms with E-state index in [0.29, 0.717) is 10.7 Å². The molecule has 2 aromatic rings. The molecule has 0 fully saturated rings. The third-order valence-corrected chi connectivity index (χ3v) is 3.37. The standard InChI is InChI=1S/C13H9Cl2F2N3O/c14-8-2-1-7(5-9(8)15)19-13(21)6-3-10(16)12(20-18)11(17)4-6/h1-5,20H,18H2,(H,19,21). The molecule has 4 nitrogen and oxygen atoms in total. The van der Waals surface area contributed by atoms with Gasteiger partial charge in [-0.2, -0.15) is 0 Å². The third kappa shape index (κ3) is 3.41. The van der Waals surface area contributed by atoms with Crippen molar-refractivity contribution in [1.29, 1.82) is 0 Å². The summed E-state index contributed by atoms with van der Waals surface area (Å²) in [6.07, 6.45) is 0. The van der Waals surface area contributed by atoms with Crippen LogP contribution in [0, 0.1) is 11.6 Å². The summed E-state index contributed by atoms with van der Waals surface area (Å²) in [5.41, 5.74) is 1.51. The van der Waals surface area contributed by atoms with E-state index in [9.17, 15) is 13.6 Å². The molecule has 110 valence electrons. The van der Waals surface area contributed by atoms with Crippen molar-refractivity contribution in [2.45, 2.75) is 0 Å². The lowest BCUT2D eigenvalue weighted by molar-refractivity contribution is 0.102. The van der Waals surface area contributed by atoms with Gasteiger partial charge in [0, 0.05) is 11.3 Å². The summed E-state index contributed by atoms with van der Waals surface area (Å²) < 4.78 is 27.1. The molecule has 0 unspecified atom stereocenters. The predicted molar refractivity (Wildman–Crippen MR) is 78.6 cm³/mol. The van der Waals surface area contributed by atoms with Crippen LogP contribution in [-0.4, -0.2) is 5.91 Å². The molecular weight excluding hydrogens is 323 g/mol. The van der Waals surface area contributed by atoms with Crippen molar-refractivity contribution in [3.8, 4) is 0 Å². The first-order valence-corrected chi connectivity index (χ1v) is 6.40. The predicted octanol–water partition coefficient (Wildman–Crippen LogP) is 3.81. The summed E-state index contributed by atoms with van der Waals surface area (Å²) in [6.45, 7) is 0. The van der Waals surface area contributed by atoms with E-state index in [1.165, 1.54) is 18.2 Å². The molecule has 0 radical (unpaired) electrons. The van der Waals surface area contributed by atoms with Crippen molar-refractivity contribution >= 4 is 40.5 Å². The van der Waals surface area contributed by atoms with Gasteiger partial charge in [-0.1, -0.05) is 23.2 Å². The summed E-state index contributed by atoms with van der Waals surface area (Å²) in [5.74, 6) is 2.32. The van der Waals surface area contributed by atoms with E-state index in [2.05, 4.69) is 5.32 Å². The maximum absolute atomic E-state index is 13.5. The molecule has 0 saturated heterocycles. The van der Waals surface area contributed by atoms with E-state index >= 15 is 0 Å². The molecular formula is C13H9Cl2F2N3O. The van der Waals surface area contributed by atoms with Crippen molar-refractivity contribution < 1.29 is 13.6 Å². The van der Waals surface area contributed by atoms with Crippen LogP contribution >= 0.6 is 23.2 Å². The summed E-state index contributed by atoms with van der Waals surface area (Å²) in [7, 11) is 0. The second kappa shape index (κ2) is 6.26. The SMILES string of the molecule is NNc1c(F)cc(C(=O)Nc2ccc(Cl)c(Cl)c2)cc1F. The first kappa shape index (κ1) is 15.5. The van der Waals surface area contributed by atoms with Crippen molar-refractivity contribution in [1.82, 2.24) is 0 Å². The van der Waals surface area contributed by atoms with Crippen molar-refractivity contribution in [3.05, 3.63) is 57.6 Å². The molecule has 4 N–H and O–H groups in total. The number of nitrogens with two attached hydrogens (primary N) is 1. The molecule has 8 heteroatoms. The van der Waals surface area contributed by atoms with Crippen LogP contribution in [0.2, 0.25) is 10.0 Å². The molecule has 1 amide bonds. The molecule has 0 saturated carbocycles. The molecule has 21 heavy (non-hydrogen) atoms. The Morgan fingerprint density at radius 3 is 2.19 bits per heavy atom. The maximum atomic E-state index is 13.5. The topological polar surface area (TPSA) is 67.1 Å². The molecule has 0 heterocycles. The lowest BCUT2D eigenvalue weighted by Crippen LogP contribution is -2.15. The summed E-state index contributed by atoms with van der Waals surface area (Å²) in [5, 5.41) is 3.02. The van der Waals surface area contributed by atoms with Gasteiger partial charge in [-0.3, -0.25) is 10.6 Å². The number of carbonyl (C=O) groups excluding carboxylic acids is 1. The maximum Gasteiger partial charge on any atom is 0.255 e. The summed E-state index contributed by atoms with van der Waals surface area (Å²) >= 11 is 11.6. The van der Waals surface area contributed by atoms with Gasteiger partial charge in [-0.25, -0.2) is 8.78 Å². The Morgan fingerprint density at radius 1 is 1.05 bits per heavy atom. The monoisotopic (exact) mass is 331 g/mol. The third-order valence-electron chi connectivity index (χ3n) is 2.63. The second-order valence-corrected chi connectivity index (χ2v) is 4.86. The Hall–Kier alpha value is -1.89. The highest BCUT2D eigenvalue weighted by Gasteiger charge is 2.15. The number of hydrogen-bond acceptors (Lipinski definition) is 3.